The standard InChI is InChI=1S/C19H18ClN3O2/c1-22(13-15-12-16(20)6-9-18(15)25-2)19(24)14-4-7-17(8-5-14)23-11-3-10-21-23/h3-12H,13H2,1-2H3. The van der Waals surface area contributed by atoms with Gasteiger partial charge in [-0.3, -0.25) is 4.79 Å². The second-order valence-electron chi connectivity index (χ2n) is 5.61. The fourth-order valence-corrected chi connectivity index (χ4v) is 2.79. The maximum Gasteiger partial charge on any atom is 0.253 e. The molecule has 3 rings (SSSR count). The molecule has 25 heavy (non-hydrogen) atoms. The number of nitrogens with zero attached hydrogens (tertiary/aromatic N) is 3. The molecule has 1 aromatic heterocycles. The van der Waals surface area contributed by atoms with Crippen LogP contribution in [-0.2, 0) is 6.54 Å². The van der Waals surface area contributed by atoms with Gasteiger partial charge >= 0.3 is 0 Å². The van der Waals surface area contributed by atoms with Gasteiger partial charge < -0.3 is 9.64 Å². The Morgan fingerprint density at radius 3 is 2.64 bits per heavy atom. The summed E-state index contributed by atoms with van der Waals surface area (Å²) in [7, 11) is 3.35. The maximum absolute atomic E-state index is 12.7. The Morgan fingerprint density at radius 1 is 1.24 bits per heavy atom. The Balaban J connectivity index is 1.75. The molecule has 0 spiro atoms. The molecule has 0 unspecified atom stereocenters. The molecular weight excluding hydrogens is 338 g/mol. The van der Waals surface area contributed by atoms with E-state index in [1.54, 1.807) is 54.2 Å². The van der Waals surface area contributed by atoms with Gasteiger partial charge in [-0.05, 0) is 48.5 Å². The summed E-state index contributed by atoms with van der Waals surface area (Å²) in [6.07, 6.45) is 3.57. The van der Waals surface area contributed by atoms with E-state index in [-0.39, 0.29) is 5.91 Å². The Kier molecular flexibility index (Phi) is 5.05. The molecule has 0 bridgehead atoms. The van der Waals surface area contributed by atoms with E-state index in [4.69, 9.17) is 16.3 Å². The van der Waals surface area contributed by atoms with Gasteiger partial charge in [0.05, 0.1) is 12.8 Å². The van der Waals surface area contributed by atoms with Crippen molar-refractivity contribution >= 4 is 17.5 Å². The van der Waals surface area contributed by atoms with Gasteiger partial charge in [-0.25, -0.2) is 4.68 Å². The van der Waals surface area contributed by atoms with E-state index in [1.165, 1.54) is 0 Å². The number of rotatable bonds is 5. The van der Waals surface area contributed by atoms with Crippen LogP contribution in [0.2, 0.25) is 5.02 Å². The van der Waals surface area contributed by atoms with Crippen molar-refractivity contribution in [2.45, 2.75) is 6.54 Å². The van der Waals surface area contributed by atoms with Crippen molar-refractivity contribution in [3.8, 4) is 11.4 Å². The zero-order valence-corrected chi connectivity index (χ0v) is 14.8. The Morgan fingerprint density at radius 2 is 2.00 bits per heavy atom. The lowest BCUT2D eigenvalue weighted by atomic mass is 10.1. The molecular formula is C19H18ClN3O2. The van der Waals surface area contributed by atoms with Gasteiger partial charge in [0.1, 0.15) is 5.75 Å². The van der Waals surface area contributed by atoms with Crippen molar-refractivity contribution in [1.82, 2.24) is 14.7 Å². The SMILES string of the molecule is COc1ccc(Cl)cc1CN(C)C(=O)c1ccc(-n2cccn2)cc1. The van der Waals surface area contributed by atoms with Crippen LogP contribution in [0.4, 0.5) is 0 Å². The predicted molar refractivity (Wildman–Crippen MR) is 97.4 cm³/mol. The van der Waals surface area contributed by atoms with Gasteiger partial charge in [0.15, 0.2) is 0 Å². The van der Waals surface area contributed by atoms with Gasteiger partial charge in [0.2, 0.25) is 0 Å². The number of hydrogen-bond acceptors (Lipinski definition) is 3. The molecule has 1 amide bonds. The zero-order valence-electron chi connectivity index (χ0n) is 14.0. The summed E-state index contributed by atoms with van der Waals surface area (Å²) in [5.41, 5.74) is 2.37. The summed E-state index contributed by atoms with van der Waals surface area (Å²) in [4.78, 5) is 14.3. The number of ether oxygens (including phenoxy) is 1. The van der Waals surface area contributed by atoms with E-state index >= 15 is 0 Å². The van der Waals surface area contributed by atoms with Gasteiger partial charge in [-0.2, -0.15) is 5.10 Å². The van der Waals surface area contributed by atoms with Crippen LogP contribution in [0, 0.1) is 0 Å². The van der Waals surface area contributed by atoms with Gasteiger partial charge in [0, 0.05) is 42.1 Å². The second kappa shape index (κ2) is 7.40. The first-order valence-electron chi connectivity index (χ1n) is 7.76. The van der Waals surface area contributed by atoms with E-state index in [2.05, 4.69) is 5.10 Å². The van der Waals surface area contributed by atoms with Gasteiger partial charge in [0.25, 0.3) is 5.91 Å². The highest BCUT2D eigenvalue weighted by molar-refractivity contribution is 6.30. The third-order valence-corrected chi connectivity index (χ3v) is 4.11. The molecule has 0 fully saturated rings. The van der Waals surface area contributed by atoms with Crippen LogP contribution in [0.5, 0.6) is 5.75 Å². The molecule has 0 radical (unpaired) electrons. The lowest BCUT2D eigenvalue weighted by molar-refractivity contribution is 0.0784. The minimum atomic E-state index is -0.0750. The minimum absolute atomic E-state index is 0.0750. The summed E-state index contributed by atoms with van der Waals surface area (Å²) in [5.74, 6) is 0.632. The van der Waals surface area contributed by atoms with Crippen molar-refractivity contribution in [2.24, 2.45) is 0 Å². The Hall–Kier alpha value is -2.79. The first kappa shape index (κ1) is 17.0. The van der Waals surface area contributed by atoms with E-state index in [9.17, 15) is 4.79 Å². The number of halogens is 1. The molecule has 0 aliphatic carbocycles. The number of hydrogen-bond donors (Lipinski definition) is 0. The third-order valence-electron chi connectivity index (χ3n) is 3.88. The van der Waals surface area contributed by atoms with Crippen LogP contribution < -0.4 is 4.74 Å². The first-order valence-corrected chi connectivity index (χ1v) is 8.14. The van der Waals surface area contributed by atoms with Crippen molar-refractivity contribution in [3.05, 3.63) is 77.1 Å². The highest BCUT2D eigenvalue weighted by Crippen LogP contribution is 2.24. The number of carbonyl (C=O) groups is 1. The molecule has 2 aromatic carbocycles. The largest absolute Gasteiger partial charge is 0.496 e. The average molecular weight is 356 g/mol. The fraction of sp³-hybridized carbons (Fsp3) is 0.158. The molecule has 0 saturated heterocycles. The molecule has 0 atom stereocenters. The Bertz CT molecular complexity index is 861. The lowest BCUT2D eigenvalue weighted by Gasteiger charge is -2.19. The number of amides is 1. The zero-order chi connectivity index (χ0) is 17.8. The van der Waals surface area contributed by atoms with Crippen molar-refractivity contribution in [2.75, 3.05) is 14.2 Å². The molecule has 0 saturated carbocycles. The molecule has 0 N–H and O–H groups in total. The van der Waals surface area contributed by atoms with Crippen molar-refractivity contribution in [3.63, 3.8) is 0 Å². The second-order valence-corrected chi connectivity index (χ2v) is 6.05. The molecule has 3 aromatic rings. The topological polar surface area (TPSA) is 47.4 Å². The molecule has 128 valence electrons. The molecule has 0 aliphatic rings. The summed E-state index contributed by atoms with van der Waals surface area (Å²) in [6, 6.07) is 14.6. The highest BCUT2D eigenvalue weighted by Gasteiger charge is 2.14. The van der Waals surface area contributed by atoms with E-state index in [1.807, 2.05) is 30.5 Å². The molecule has 0 aliphatic heterocycles. The van der Waals surface area contributed by atoms with Crippen LogP contribution in [0.15, 0.2) is 60.9 Å². The lowest BCUT2D eigenvalue weighted by Crippen LogP contribution is -2.26. The number of benzene rings is 2. The normalized spacial score (nSPS) is 10.5. The van der Waals surface area contributed by atoms with Crippen molar-refractivity contribution in [1.29, 1.82) is 0 Å². The van der Waals surface area contributed by atoms with Crippen LogP contribution in [-0.4, -0.2) is 34.7 Å². The summed E-state index contributed by atoms with van der Waals surface area (Å²) >= 11 is 6.05. The smallest absolute Gasteiger partial charge is 0.253 e. The van der Waals surface area contributed by atoms with Gasteiger partial charge in [-0.1, -0.05) is 11.6 Å². The third kappa shape index (κ3) is 3.83. The predicted octanol–water partition coefficient (Wildman–Crippen LogP) is 3.81. The highest BCUT2D eigenvalue weighted by atomic mass is 35.5. The Labute approximate surface area is 151 Å². The quantitative estimate of drug-likeness (QED) is 0.699. The van der Waals surface area contributed by atoms with Crippen LogP contribution in [0.25, 0.3) is 5.69 Å². The van der Waals surface area contributed by atoms with Crippen LogP contribution >= 0.6 is 11.6 Å². The summed E-state index contributed by atoms with van der Waals surface area (Å²) in [6.45, 7) is 0.406. The van der Waals surface area contributed by atoms with E-state index in [0.717, 1.165) is 11.3 Å². The summed E-state index contributed by atoms with van der Waals surface area (Å²) < 4.78 is 7.08. The fourth-order valence-electron chi connectivity index (χ4n) is 2.60. The molecule has 6 heteroatoms. The monoisotopic (exact) mass is 355 g/mol. The summed E-state index contributed by atoms with van der Waals surface area (Å²) in [5, 5.41) is 4.79. The van der Waals surface area contributed by atoms with Crippen LogP contribution in [0.3, 0.4) is 0 Å². The van der Waals surface area contributed by atoms with E-state index < -0.39 is 0 Å². The van der Waals surface area contributed by atoms with Crippen LogP contribution in [0.1, 0.15) is 15.9 Å². The number of carbonyl (C=O) groups excluding carboxylic acids is 1. The molecule has 5 nitrogen and oxygen atoms in total. The molecule has 1 heterocycles. The van der Waals surface area contributed by atoms with E-state index in [0.29, 0.717) is 22.9 Å². The number of methoxy groups -OCH3 is 1. The number of aromatic nitrogens is 2. The minimum Gasteiger partial charge on any atom is -0.496 e. The average Bonchev–Trinajstić information content (AvgIpc) is 3.16. The van der Waals surface area contributed by atoms with Gasteiger partial charge in [-0.15, -0.1) is 0 Å². The first-order chi connectivity index (χ1) is 12.1. The maximum atomic E-state index is 12.7. The van der Waals surface area contributed by atoms with Crippen molar-refractivity contribution < 1.29 is 9.53 Å².